The number of rotatable bonds is 6. The van der Waals surface area contributed by atoms with Gasteiger partial charge in [0.05, 0.1) is 16.8 Å². The number of carbonyl (C=O) groups excluding carboxylic acids is 1. The first kappa shape index (κ1) is 14.9. The molecule has 0 spiro atoms. The minimum absolute atomic E-state index is 0.0295. The van der Waals surface area contributed by atoms with E-state index in [1.807, 2.05) is 31.2 Å². The fraction of sp³-hybridized carbons (Fsp3) is 0.286. The Labute approximate surface area is 127 Å². The normalized spacial score (nSPS) is 12.1. The van der Waals surface area contributed by atoms with Gasteiger partial charge in [0.25, 0.3) is 0 Å². The minimum atomic E-state index is -0.0793. The molecular formula is C14H16ClN3OS. The van der Waals surface area contributed by atoms with Gasteiger partial charge < -0.3 is 10.3 Å². The lowest BCUT2D eigenvalue weighted by atomic mass is 10.2. The first-order valence-corrected chi connectivity index (χ1v) is 7.73. The molecule has 0 bridgehead atoms. The molecule has 0 saturated heterocycles. The summed E-state index contributed by atoms with van der Waals surface area (Å²) in [6.45, 7) is 2.01. The fourth-order valence-corrected chi connectivity index (χ4v) is 2.82. The number of aromatic nitrogens is 2. The molecule has 0 aliphatic rings. The topological polar surface area (TPSA) is 57.8 Å². The van der Waals surface area contributed by atoms with Crippen molar-refractivity contribution in [2.75, 3.05) is 5.75 Å². The van der Waals surface area contributed by atoms with Crippen LogP contribution in [0.5, 0.6) is 0 Å². The monoisotopic (exact) mass is 309 g/mol. The number of hydrogen-bond acceptors (Lipinski definition) is 3. The number of thioether (sulfide) groups is 1. The van der Waals surface area contributed by atoms with Gasteiger partial charge in [0.1, 0.15) is 5.82 Å². The van der Waals surface area contributed by atoms with E-state index in [0.29, 0.717) is 10.8 Å². The lowest BCUT2D eigenvalue weighted by Gasteiger charge is -2.14. The van der Waals surface area contributed by atoms with E-state index >= 15 is 0 Å². The Morgan fingerprint density at radius 1 is 1.50 bits per heavy atom. The Kier molecular flexibility index (Phi) is 5.49. The maximum absolute atomic E-state index is 12.0. The molecule has 20 heavy (non-hydrogen) atoms. The molecule has 0 aliphatic carbocycles. The van der Waals surface area contributed by atoms with Gasteiger partial charge in [-0.15, -0.1) is 11.8 Å². The standard InChI is InChI=1S/C14H16ClN3OS/c1-2-11(14-16-7-8-17-14)18-13(19)9-20-12-6-4-3-5-10(12)15/h3-8,11H,2,9H2,1H3,(H,16,17)(H,18,19). The van der Waals surface area contributed by atoms with Crippen molar-refractivity contribution in [3.63, 3.8) is 0 Å². The Hall–Kier alpha value is -1.46. The molecule has 106 valence electrons. The molecule has 2 rings (SSSR count). The molecular weight excluding hydrogens is 294 g/mol. The first-order chi connectivity index (χ1) is 9.70. The van der Waals surface area contributed by atoms with Crippen LogP contribution in [0, 0.1) is 0 Å². The third kappa shape index (κ3) is 4.02. The summed E-state index contributed by atoms with van der Waals surface area (Å²) in [6.07, 6.45) is 4.22. The molecule has 2 aromatic rings. The van der Waals surface area contributed by atoms with Gasteiger partial charge in [0.2, 0.25) is 5.91 Å². The molecule has 0 saturated carbocycles. The van der Waals surface area contributed by atoms with Crippen LogP contribution in [0.4, 0.5) is 0 Å². The lowest BCUT2D eigenvalue weighted by molar-refractivity contribution is -0.119. The lowest BCUT2D eigenvalue weighted by Crippen LogP contribution is -2.30. The predicted molar refractivity (Wildman–Crippen MR) is 81.9 cm³/mol. The Morgan fingerprint density at radius 3 is 2.95 bits per heavy atom. The van der Waals surface area contributed by atoms with Gasteiger partial charge in [-0.2, -0.15) is 0 Å². The Bertz CT molecular complexity index is 559. The zero-order chi connectivity index (χ0) is 14.4. The second-order valence-electron chi connectivity index (χ2n) is 4.22. The minimum Gasteiger partial charge on any atom is -0.347 e. The van der Waals surface area contributed by atoms with Crippen LogP contribution in [-0.2, 0) is 4.79 Å². The smallest absolute Gasteiger partial charge is 0.230 e. The van der Waals surface area contributed by atoms with Gasteiger partial charge in [-0.1, -0.05) is 30.7 Å². The van der Waals surface area contributed by atoms with Gasteiger partial charge in [-0.05, 0) is 18.6 Å². The van der Waals surface area contributed by atoms with Crippen molar-refractivity contribution in [2.24, 2.45) is 0 Å². The van der Waals surface area contributed by atoms with E-state index in [-0.39, 0.29) is 11.9 Å². The maximum Gasteiger partial charge on any atom is 0.230 e. The molecule has 1 atom stereocenters. The molecule has 2 N–H and O–H groups in total. The van der Waals surface area contributed by atoms with Crippen LogP contribution in [0.25, 0.3) is 0 Å². The summed E-state index contributed by atoms with van der Waals surface area (Å²) >= 11 is 7.48. The van der Waals surface area contributed by atoms with Gasteiger partial charge >= 0.3 is 0 Å². The molecule has 1 aromatic heterocycles. The van der Waals surface area contributed by atoms with Crippen LogP contribution in [0.2, 0.25) is 5.02 Å². The number of amides is 1. The third-order valence-electron chi connectivity index (χ3n) is 2.79. The van der Waals surface area contributed by atoms with Crippen LogP contribution in [-0.4, -0.2) is 21.6 Å². The molecule has 1 aromatic carbocycles. The summed E-state index contributed by atoms with van der Waals surface area (Å²) in [6, 6.07) is 7.42. The van der Waals surface area contributed by atoms with E-state index < -0.39 is 0 Å². The molecule has 1 unspecified atom stereocenters. The molecule has 0 fully saturated rings. The molecule has 0 aliphatic heterocycles. The zero-order valence-corrected chi connectivity index (χ0v) is 12.7. The first-order valence-electron chi connectivity index (χ1n) is 6.36. The predicted octanol–water partition coefficient (Wildman–Crippen LogP) is 3.42. The largest absolute Gasteiger partial charge is 0.347 e. The highest BCUT2D eigenvalue weighted by atomic mass is 35.5. The van der Waals surface area contributed by atoms with E-state index in [4.69, 9.17) is 11.6 Å². The van der Waals surface area contributed by atoms with Crippen molar-refractivity contribution in [3.05, 3.63) is 47.5 Å². The number of carbonyl (C=O) groups is 1. The molecule has 6 heteroatoms. The van der Waals surface area contributed by atoms with Crippen molar-refractivity contribution >= 4 is 29.3 Å². The highest BCUT2D eigenvalue weighted by Gasteiger charge is 2.15. The van der Waals surface area contributed by atoms with Gasteiger partial charge in [0, 0.05) is 17.3 Å². The SMILES string of the molecule is CCC(NC(=O)CSc1ccccc1Cl)c1ncc[nH]1. The van der Waals surface area contributed by atoms with Crippen LogP contribution in [0.15, 0.2) is 41.6 Å². The summed E-state index contributed by atoms with van der Waals surface area (Å²) in [7, 11) is 0. The van der Waals surface area contributed by atoms with E-state index in [2.05, 4.69) is 15.3 Å². The van der Waals surface area contributed by atoms with Crippen molar-refractivity contribution < 1.29 is 4.79 Å². The van der Waals surface area contributed by atoms with Crippen molar-refractivity contribution in [1.29, 1.82) is 0 Å². The zero-order valence-electron chi connectivity index (χ0n) is 11.1. The van der Waals surface area contributed by atoms with E-state index in [0.717, 1.165) is 17.1 Å². The summed E-state index contributed by atoms with van der Waals surface area (Å²) in [5, 5.41) is 3.63. The number of H-pyrrole nitrogens is 1. The molecule has 4 nitrogen and oxygen atoms in total. The average molecular weight is 310 g/mol. The van der Waals surface area contributed by atoms with E-state index in [1.165, 1.54) is 11.8 Å². The molecule has 0 radical (unpaired) electrons. The Morgan fingerprint density at radius 2 is 2.30 bits per heavy atom. The van der Waals surface area contributed by atoms with Crippen LogP contribution in [0.3, 0.4) is 0 Å². The second-order valence-corrected chi connectivity index (χ2v) is 5.65. The maximum atomic E-state index is 12.0. The summed E-state index contributed by atoms with van der Waals surface area (Å²) in [5.41, 5.74) is 0. The average Bonchev–Trinajstić information content (AvgIpc) is 2.98. The molecule has 1 heterocycles. The summed E-state index contributed by atoms with van der Waals surface area (Å²) in [4.78, 5) is 20.1. The van der Waals surface area contributed by atoms with Crippen molar-refractivity contribution in [3.8, 4) is 0 Å². The number of imidazole rings is 1. The fourth-order valence-electron chi connectivity index (χ4n) is 1.77. The van der Waals surface area contributed by atoms with Crippen LogP contribution >= 0.6 is 23.4 Å². The van der Waals surface area contributed by atoms with Crippen molar-refractivity contribution in [2.45, 2.75) is 24.3 Å². The summed E-state index contributed by atoms with van der Waals surface area (Å²) in [5.74, 6) is 1.09. The van der Waals surface area contributed by atoms with Gasteiger partial charge in [0.15, 0.2) is 0 Å². The number of benzene rings is 1. The Balaban J connectivity index is 1.88. The highest BCUT2D eigenvalue weighted by Crippen LogP contribution is 2.26. The van der Waals surface area contributed by atoms with E-state index in [1.54, 1.807) is 12.4 Å². The van der Waals surface area contributed by atoms with Gasteiger partial charge in [-0.3, -0.25) is 4.79 Å². The van der Waals surface area contributed by atoms with Crippen LogP contribution in [0.1, 0.15) is 25.2 Å². The number of aromatic amines is 1. The number of hydrogen-bond donors (Lipinski definition) is 2. The number of halogens is 1. The quantitative estimate of drug-likeness (QED) is 0.804. The number of nitrogens with one attached hydrogen (secondary N) is 2. The summed E-state index contributed by atoms with van der Waals surface area (Å²) < 4.78 is 0. The molecule has 1 amide bonds. The van der Waals surface area contributed by atoms with E-state index in [9.17, 15) is 4.79 Å². The van der Waals surface area contributed by atoms with Crippen molar-refractivity contribution in [1.82, 2.24) is 15.3 Å². The van der Waals surface area contributed by atoms with Gasteiger partial charge in [-0.25, -0.2) is 4.98 Å². The highest BCUT2D eigenvalue weighted by molar-refractivity contribution is 8.00. The third-order valence-corrected chi connectivity index (χ3v) is 4.30. The van der Waals surface area contributed by atoms with Crippen LogP contribution < -0.4 is 5.32 Å². The second kappa shape index (κ2) is 7.36. The number of nitrogens with zero attached hydrogens (tertiary/aromatic N) is 1.